The molecule has 0 saturated heterocycles. The third kappa shape index (κ3) is 5.50. The third-order valence-corrected chi connectivity index (χ3v) is 5.04. The summed E-state index contributed by atoms with van der Waals surface area (Å²) in [5, 5.41) is 11.4. The number of ether oxygens (including phenoxy) is 1. The summed E-state index contributed by atoms with van der Waals surface area (Å²) < 4.78 is 23.0. The summed E-state index contributed by atoms with van der Waals surface area (Å²) in [5.41, 5.74) is 0.914. The molecule has 0 aliphatic heterocycles. The van der Waals surface area contributed by atoms with E-state index in [2.05, 4.69) is 31.4 Å². The topological polar surface area (TPSA) is 74.0 Å². The summed E-state index contributed by atoms with van der Waals surface area (Å²) in [7, 11) is 0. The van der Waals surface area contributed by atoms with Gasteiger partial charge in [0.25, 0.3) is 5.91 Å². The van der Waals surface area contributed by atoms with Crippen LogP contribution in [0.25, 0.3) is 0 Å². The van der Waals surface area contributed by atoms with Crippen molar-refractivity contribution in [3.63, 3.8) is 0 Å². The second-order valence-corrected chi connectivity index (χ2v) is 7.90. The van der Waals surface area contributed by atoms with Crippen molar-refractivity contribution in [2.45, 2.75) is 13.3 Å². The Labute approximate surface area is 190 Å². The van der Waals surface area contributed by atoms with Gasteiger partial charge in [-0.3, -0.25) is 9.48 Å². The van der Waals surface area contributed by atoms with Gasteiger partial charge < -0.3 is 10.1 Å². The highest BCUT2D eigenvalue weighted by Crippen LogP contribution is 2.21. The van der Waals surface area contributed by atoms with E-state index in [-0.39, 0.29) is 29.1 Å². The van der Waals surface area contributed by atoms with E-state index in [9.17, 15) is 9.18 Å². The van der Waals surface area contributed by atoms with Gasteiger partial charge in [-0.1, -0.05) is 39.7 Å². The molecular formula is C21H16BrClFN5O2. The van der Waals surface area contributed by atoms with Crippen LogP contribution in [0.15, 0.2) is 71.5 Å². The van der Waals surface area contributed by atoms with Crippen LogP contribution in [0.3, 0.4) is 0 Å². The molecule has 0 aliphatic carbocycles. The number of carbonyl (C=O) groups is 1. The van der Waals surface area contributed by atoms with Gasteiger partial charge in [-0.05, 0) is 48.0 Å². The van der Waals surface area contributed by atoms with Crippen LogP contribution in [0, 0.1) is 5.82 Å². The molecule has 31 heavy (non-hydrogen) atoms. The molecule has 2 aromatic carbocycles. The Hall–Kier alpha value is -3.17. The van der Waals surface area contributed by atoms with Crippen LogP contribution in [0.4, 0.5) is 10.2 Å². The van der Waals surface area contributed by atoms with Crippen LogP contribution in [0.5, 0.6) is 5.75 Å². The lowest BCUT2D eigenvalue weighted by Crippen LogP contribution is -2.15. The predicted molar refractivity (Wildman–Crippen MR) is 118 cm³/mol. The first-order chi connectivity index (χ1) is 15.0. The molecule has 0 unspecified atom stereocenters. The molecule has 2 heterocycles. The second-order valence-electron chi connectivity index (χ2n) is 6.58. The molecule has 1 amide bonds. The number of aromatic nitrogens is 4. The van der Waals surface area contributed by atoms with E-state index in [0.29, 0.717) is 12.3 Å². The molecule has 0 spiro atoms. The van der Waals surface area contributed by atoms with E-state index in [1.165, 1.54) is 21.5 Å². The molecular weight excluding hydrogens is 489 g/mol. The van der Waals surface area contributed by atoms with Gasteiger partial charge in [0.2, 0.25) is 0 Å². The Bertz CT molecular complexity index is 1210. The SMILES string of the molecule is O=C(Nc1nn(Cc2cccc(F)c2)cc1Cl)c1ccn(COc2ccc(Br)cc2)n1. The van der Waals surface area contributed by atoms with Gasteiger partial charge in [-0.15, -0.1) is 0 Å². The first kappa shape index (κ1) is 21.1. The van der Waals surface area contributed by atoms with E-state index < -0.39 is 5.91 Å². The van der Waals surface area contributed by atoms with Gasteiger partial charge >= 0.3 is 0 Å². The zero-order valence-electron chi connectivity index (χ0n) is 16.0. The molecule has 10 heteroatoms. The van der Waals surface area contributed by atoms with Crippen LogP contribution in [0.1, 0.15) is 16.1 Å². The molecule has 0 fully saturated rings. The number of anilines is 1. The first-order valence-electron chi connectivity index (χ1n) is 9.17. The lowest BCUT2D eigenvalue weighted by atomic mass is 10.2. The lowest BCUT2D eigenvalue weighted by Gasteiger charge is -2.06. The molecule has 0 saturated carbocycles. The van der Waals surface area contributed by atoms with Gasteiger partial charge in [-0.2, -0.15) is 10.2 Å². The summed E-state index contributed by atoms with van der Waals surface area (Å²) in [6.45, 7) is 0.466. The molecule has 0 radical (unpaired) electrons. The van der Waals surface area contributed by atoms with E-state index in [0.717, 1.165) is 10.0 Å². The number of benzene rings is 2. The minimum Gasteiger partial charge on any atom is -0.471 e. The monoisotopic (exact) mass is 503 g/mol. The molecule has 4 aromatic rings. The van der Waals surface area contributed by atoms with Crippen molar-refractivity contribution in [2.75, 3.05) is 5.32 Å². The molecule has 2 aromatic heterocycles. The van der Waals surface area contributed by atoms with Crippen LogP contribution in [0.2, 0.25) is 5.02 Å². The zero-order chi connectivity index (χ0) is 21.8. The van der Waals surface area contributed by atoms with Crippen molar-refractivity contribution in [1.82, 2.24) is 19.6 Å². The quantitative estimate of drug-likeness (QED) is 0.386. The highest BCUT2D eigenvalue weighted by molar-refractivity contribution is 9.10. The van der Waals surface area contributed by atoms with Crippen LogP contribution in [-0.2, 0) is 13.3 Å². The summed E-state index contributed by atoms with van der Waals surface area (Å²) in [5.74, 6) is 0.0910. The Morgan fingerprint density at radius 1 is 1.13 bits per heavy atom. The van der Waals surface area contributed by atoms with E-state index in [1.54, 1.807) is 30.6 Å². The van der Waals surface area contributed by atoms with Crippen molar-refractivity contribution in [3.8, 4) is 5.75 Å². The smallest absolute Gasteiger partial charge is 0.277 e. The van der Waals surface area contributed by atoms with E-state index >= 15 is 0 Å². The summed E-state index contributed by atoms with van der Waals surface area (Å²) >= 11 is 9.55. The maximum absolute atomic E-state index is 13.4. The van der Waals surface area contributed by atoms with Crippen LogP contribution >= 0.6 is 27.5 Å². The molecule has 7 nitrogen and oxygen atoms in total. The van der Waals surface area contributed by atoms with Crippen molar-refractivity contribution >= 4 is 39.3 Å². The Morgan fingerprint density at radius 2 is 1.94 bits per heavy atom. The van der Waals surface area contributed by atoms with Crippen molar-refractivity contribution in [3.05, 3.63) is 93.6 Å². The molecule has 158 valence electrons. The largest absolute Gasteiger partial charge is 0.471 e. The third-order valence-electron chi connectivity index (χ3n) is 4.23. The normalized spacial score (nSPS) is 10.8. The van der Waals surface area contributed by atoms with Crippen molar-refractivity contribution in [2.24, 2.45) is 0 Å². The van der Waals surface area contributed by atoms with Gasteiger partial charge in [-0.25, -0.2) is 9.07 Å². The highest BCUT2D eigenvalue weighted by Gasteiger charge is 2.15. The van der Waals surface area contributed by atoms with Crippen molar-refractivity contribution in [1.29, 1.82) is 0 Å². The fourth-order valence-electron chi connectivity index (χ4n) is 2.78. The number of amides is 1. The van der Waals surface area contributed by atoms with Crippen LogP contribution in [-0.4, -0.2) is 25.5 Å². The molecule has 0 aliphatic rings. The number of rotatable bonds is 7. The van der Waals surface area contributed by atoms with E-state index in [4.69, 9.17) is 16.3 Å². The average molecular weight is 505 g/mol. The number of hydrogen-bond donors (Lipinski definition) is 1. The molecule has 0 atom stereocenters. The molecule has 4 rings (SSSR count). The fraction of sp³-hybridized carbons (Fsp3) is 0.0952. The predicted octanol–water partition coefficient (Wildman–Crippen LogP) is 4.97. The van der Waals surface area contributed by atoms with E-state index in [1.807, 2.05) is 24.3 Å². The highest BCUT2D eigenvalue weighted by atomic mass is 79.9. The summed E-state index contributed by atoms with van der Waals surface area (Å²) in [4.78, 5) is 12.5. The number of halogens is 3. The summed E-state index contributed by atoms with van der Waals surface area (Å²) in [6.07, 6.45) is 3.20. The number of nitrogens with one attached hydrogen (secondary N) is 1. The Balaban J connectivity index is 1.37. The Morgan fingerprint density at radius 3 is 2.71 bits per heavy atom. The first-order valence-corrected chi connectivity index (χ1v) is 10.3. The minimum absolute atomic E-state index is 0.151. The van der Waals surface area contributed by atoms with Gasteiger partial charge in [0.15, 0.2) is 18.2 Å². The number of hydrogen-bond acceptors (Lipinski definition) is 4. The standard InChI is InChI=1S/C21H16BrClFN5O2/c22-15-4-6-17(7-5-15)31-13-28-9-8-19(26-28)21(30)25-20-18(23)12-29(27-20)11-14-2-1-3-16(24)10-14/h1-10,12H,11,13H2,(H,25,27,30). The maximum atomic E-state index is 13.4. The van der Waals surface area contributed by atoms with Crippen molar-refractivity contribution < 1.29 is 13.9 Å². The zero-order valence-corrected chi connectivity index (χ0v) is 18.3. The maximum Gasteiger partial charge on any atom is 0.277 e. The lowest BCUT2D eigenvalue weighted by molar-refractivity contribution is 0.101. The second kappa shape index (κ2) is 9.32. The van der Waals surface area contributed by atoms with Gasteiger partial charge in [0.05, 0.1) is 6.54 Å². The van der Waals surface area contributed by atoms with Gasteiger partial charge in [0.1, 0.15) is 16.6 Å². The van der Waals surface area contributed by atoms with Crippen LogP contribution < -0.4 is 10.1 Å². The average Bonchev–Trinajstić information content (AvgIpc) is 3.34. The molecule has 0 bridgehead atoms. The number of carbonyl (C=O) groups excluding carboxylic acids is 1. The van der Waals surface area contributed by atoms with Gasteiger partial charge in [0, 0.05) is 16.9 Å². The molecule has 1 N–H and O–H groups in total. The Kier molecular flexibility index (Phi) is 6.34. The minimum atomic E-state index is -0.458. The fourth-order valence-corrected chi connectivity index (χ4v) is 3.24. The number of nitrogens with zero attached hydrogens (tertiary/aromatic N) is 4. The summed E-state index contributed by atoms with van der Waals surface area (Å²) in [6, 6.07) is 15.1.